The van der Waals surface area contributed by atoms with Gasteiger partial charge in [-0.3, -0.25) is 14.2 Å². The van der Waals surface area contributed by atoms with E-state index in [4.69, 9.17) is 37.4 Å². The van der Waals surface area contributed by atoms with Crippen molar-refractivity contribution in [3.8, 4) is 11.5 Å². The second-order valence-corrected chi connectivity index (χ2v) is 9.57. The highest BCUT2D eigenvalue weighted by Gasteiger charge is 2.33. The van der Waals surface area contributed by atoms with Gasteiger partial charge in [-0.15, -0.1) is 0 Å². The molecule has 0 fully saturated rings. The van der Waals surface area contributed by atoms with Gasteiger partial charge in [0, 0.05) is 6.92 Å². The lowest BCUT2D eigenvalue weighted by atomic mass is 9.95. The molecule has 0 amide bonds. The van der Waals surface area contributed by atoms with E-state index in [-0.39, 0.29) is 22.6 Å². The second kappa shape index (κ2) is 10.3. The van der Waals surface area contributed by atoms with Gasteiger partial charge in [-0.1, -0.05) is 46.7 Å². The van der Waals surface area contributed by atoms with Crippen molar-refractivity contribution in [2.75, 3.05) is 14.2 Å². The number of esters is 2. The van der Waals surface area contributed by atoms with Crippen LogP contribution in [-0.2, 0) is 14.3 Å². The Labute approximate surface area is 219 Å². The smallest absolute Gasteiger partial charge is 0.338 e. The molecule has 1 unspecified atom stereocenters. The molecule has 0 spiro atoms. The highest BCUT2D eigenvalue weighted by atomic mass is 35.5. The van der Waals surface area contributed by atoms with Crippen molar-refractivity contribution in [1.29, 1.82) is 0 Å². The summed E-state index contributed by atoms with van der Waals surface area (Å²) in [5.74, 6) is -0.661. The fraction of sp³-hybridized carbons (Fsp3) is 0.200. The molecule has 0 saturated carbocycles. The fourth-order valence-electron chi connectivity index (χ4n) is 3.85. The average Bonchev–Trinajstić information content (AvgIpc) is 3.14. The van der Waals surface area contributed by atoms with E-state index >= 15 is 0 Å². The van der Waals surface area contributed by atoms with Gasteiger partial charge >= 0.3 is 11.9 Å². The summed E-state index contributed by atoms with van der Waals surface area (Å²) in [7, 11) is 2.69. The molecule has 1 aliphatic heterocycles. The molecule has 4 rings (SSSR count). The molecule has 11 heteroatoms. The highest BCUT2D eigenvalue weighted by Crippen LogP contribution is 2.36. The first-order valence-corrected chi connectivity index (χ1v) is 12.1. The van der Waals surface area contributed by atoms with Gasteiger partial charge in [-0.2, -0.15) is 0 Å². The summed E-state index contributed by atoms with van der Waals surface area (Å²) in [6, 6.07) is 9.00. The molecule has 0 N–H and O–H groups in total. The molecule has 36 heavy (non-hydrogen) atoms. The minimum atomic E-state index is -0.857. The van der Waals surface area contributed by atoms with E-state index in [0.717, 1.165) is 0 Å². The standard InChI is InChI=1S/C25H20Cl2N2O6S/c1-12-21(24(32)34-4)22(15-6-8-18(35-13(2)30)19(11-15)33-3)29-23(31)20(36-25(29)28-12)10-14-5-7-16(26)17(27)9-14/h5-11,22H,1-4H3. The lowest BCUT2D eigenvalue weighted by Crippen LogP contribution is -2.39. The van der Waals surface area contributed by atoms with Crippen LogP contribution in [0.15, 0.2) is 57.5 Å². The lowest BCUT2D eigenvalue weighted by Gasteiger charge is -2.25. The third-order valence-corrected chi connectivity index (χ3v) is 7.15. The van der Waals surface area contributed by atoms with E-state index in [1.807, 2.05) is 0 Å². The Morgan fingerprint density at radius 1 is 1.08 bits per heavy atom. The van der Waals surface area contributed by atoms with Crippen molar-refractivity contribution >= 4 is 52.6 Å². The quantitative estimate of drug-likeness (QED) is 0.358. The molecule has 2 aromatic carbocycles. The van der Waals surface area contributed by atoms with Crippen LogP contribution in [0.4, 0.5) is 0 Å². The number of fused-ring (bicyclic) bond motifs is 1. The molecular formula is C25H20Cl2N2O6S. The third kappa shape index (κ3) is 4.82. The topological polar surface area (TPSA) is 96.2 Å². The van der Waals surface area contributed by atoms with Crippen LogP contribution in [0.1, 0.15) is 31.0 Å². The zero-order valence-electron chi connectivity index (χ0n) is 19.6. The minimum Gasteiger partial charge on any atom is -0.493 e. The van der Waals surface area contributed by atoms with Crippen LogP contribution >= 0.6 is 34.5 Å². The zero-order chi connectivity index (χ0) is 26.1. The molecule has 0 saturated heterocycles. The van der Waals surface area contributed by atoms with Crippen molar-refractivity contribution in [1.82, 2.24) is 4.57 Å². The van der Waals surface area contributed by atoms with Crippen molar-refractivity contribution in [3.05, 3.63) is 88.5 Å². The number of carbonyl (C=O) groups excluding carboxylic acids is 2. The molecule has 1 aromatic heterocycles. The number of nitrogens with zero attached hydrogens (tertiary/aromatic N) is 2. The minimum absolute atomic E-state index is 0.202. The molecule has 186 valence electrons. The van der Waals surface area contributed by atoms with Crippen LogP contribution in [0.5, 0.6) is 11.5 Å². The molecule has 1 aliphatic rings. The van der Waals surface area contributed by atoms with Crippen molar-refractivity contribution in [3.63, 3.8) is 0 Å². The summed E-state index contributed by atoms with van der Waals surface area (Å²) >= 11 is 13.3. The number of halogens is 2. The average molecular weight is 547 g/mol. The van der Waals surface area contributed by atoms with Crippen molar-refractivity contribution < 1.29 is 23.8 Å². The first kappa shape index (κ1) is 25.7. The van der Waals surface area contributed by atoms with E-state index < -0.39 is 18.0 Å². The molecule has 0 bridgehead atoms. The van der Waals surface area contributed by atoms with Gasteiger partial charge in [0.05, 0.1) is 46.1 Å². The fourth-order valence-corrected chi connectivity index (χ4v) is 5.21. The van der Waals surface area contributed by atoms with E-state index in [1.165, 1.54) is 37.0 Å². The first-order valence-electron chi connectivity index (χ1n) is 10.6. The lowest BCUT2D eigenvalue weighted by molar-refractivity contribution is -0.136. The number of benzene rings is 2. The van der Waals surface area contributed by atoms with Gasteiger partial charge in [0.1, 0.15) is 0 Å². The third-order valence-electron chi connectivity index (χ3n) is 5.43. The molecular weight excluding hydrogens is 527 g/mol. The van der Waals surface area contributed by atoms with Gasteiger partial charge in [-0.25, -0.2) is 9.79 Å². The summed E-state index contributed by atoms with van der Waals surface area (Å²) in [6.45, 7) is 2.96. The number of methoxy groups -OCH3 is 2. The molecule has 0 aliphatic carbocycles. The predicted octanol–water partition coefficient (Wildman–Crippen LogP) is 3.65. The van der Waals surface area contributed by atoms with E-state index in [2.05, 4.69) is 4.99 Å². The Balaban J connectivity index is 1.95. The normalized spacial score (nSPS) is 15.3. The maximum Gasteiger partial charge on any atom is 0.338 e. The number of ether oxygens (including phenoxy) is 3. The molecule has 1 atom stereocenters. The number of allylic oxidation sites excluding steroid dienone is 1. The summed E-state index contributed by atoms with van der Waals surface area (Å²) < 4.78 is 17.5. The first-order chi connectivity index (χ1) is 17.1. The highest BCUT2D eigenvalue weighted by molar-refractivity contribution is 7.07. The van der Waals surface area contributed by atoms with Crippen molar-refractivity contribution in [2.45, 2.75) is 19.9 Å². The summed E-state index contributed by atoms with van der Waals surface area (Å²) in [6.07, 6.45) is 1.69. The number of hydrogen-bond acceptors (Lipinski definition) is 8. The largest absolute Gasteiger partial charge is 0.493 e. The molecule has 0 radical (unpaired) electrons. The predicted molar refractivity (Wildman–Crippen MR) is 137 cm³/mol. The summed E-state index contributed by atoms with van der Waals surface area (Å²) in [4.78, 5) is 42.9. The summed E-state index contributed by atoms with van der Waals surface area (Å²) in [5, 5.41) is 0.764. The van der Waals surface area contributed by atoms with Crippen LogP contribution in [0.2, 0.25) is 10.0 Å². The Bertz CT molecular complexity index is 1610. The monoisotopic (exact) mass is 546 g/mol. The zero-order valence-corrected chi connectivity index (χ0v) is 22.0. The molecule has 8 nitrogen and oxygen atoms in total. The number of hydrogen-bond donors (Lipinski definition) is 0. The van der Waals surface area contributed by atoms with Gasteiger partial charge in [0.2, 0.25) is 0 Å². The van der Waals surface area contributed by atoms with Crippen LogP contribution in [0.25, 0.3) is 6.08 Å². The van der Waals surface area contributed by atoms with E-state index in [0.29, 0.717) is 36.2 Å². The Morgan fingerprint density at radius 2 is 1.83 bits per heavy atom. The van der Waals surface area contributed by atoms with Gasteiger partial charge in [-0.05, 0) is 48.4 Å². The maximum atomic E-state index is 13.6. The number of rotatable bonds is 5. The second-order valence-electron chi connectivity index (χ2n) is 7.75. The summed E-state index contributed by atoms with van der Waals surface area (Å²) in [5.41, 5.74) is 1.49. The van der Waals surface area contributed by atoms with Crippen molar-refractivity contribution in [2.24, 2.45) is 4.99 Å². The van der Waals surface area contributed by atoms with Gasteiger partial charge < -0.3 is 14.2 Å². The van der Waals surface area contributed by atoms with Crippen LogP contribution in [-0.4, -0.2) is 30.7 Å². The van der Waals surface area contributed by atoms with Crippen LogP contribution in [0, 0.1) is 0 Å². The van der Waals surface area contributed by atoms with Crippen LogP contribution < -0.4 is 24.4 Å². The molecule has 2 heterocycles. The number of thiazole rings is 1. The van der Waals surface area contributed by atoms with E-state index in [9.17, 15) is 14.4 Å². The van der Waals surface area contributed by atoms with Gasteiger partial charge in [0.25, 0.3) is 5.56 Å². The number of aromatic nitrogens is 1. The Morgan fingerprint density at radius 3 is 2.47 bits per heavy atom. The number of carbonyl (C=O) groups is 2. The van der Waals surface area contributed by atoms with Gasteiger partial charge in [0.15, 0.2) is 16.3 Å². The SMILES string of the molecule is COC(=O)C1=C(C)N=c2sc(=Cc3ccc(Cl)c(Cl)c3)c(=O)n2C1c1ccc(OC(C)=O)c(OC)c1. The Kier molecular flexibility index (Phi) is 7.35. The maximum absolute atomic E-state index is 13.6. The Hall–Kier alpha value is -3.40. The van der Waals surface area contributed by atoms with E-state index in [1.54, 1.807) is 49.4 Å². The van der Waals surface area contributed by atoms with Crippen LogP contribution in [0.3, 0.4) is 0 Å². The molecule has 3 aromatic rings.